The molecule has 1 aromatic heterocycles. The average molecular weight is 343 g/mol. The van der Waals surface area contributed by atoms with Gasteiger partial charge in [0.1, 0.15) is 0 Å². The van der Waals surface area contributed by atoms with E-state index in [2.05, 4.69) is 10.6 Å². The average Bonchev–Trinajstić information content (AvgIpc) is 3.08. The molecule has 0 saturated heterocycles. The summed E-state index contributed by atoms with van der Waals surface area (Å²) in [7, 11) is 1.56. The van der Waals surface area contributed by atoms with Crippen LogP contribution in [0.1, 0.15) is 34.8 Å². The molecule has 0 radical (unpaired) electrons. The fraction of sp³-hybridized carbons (Fsp3) is 0.278. The zero-order valence-corrected chi connectivity index (χ0v) is 14.4. The molecule has 2 aromatic rings. The third kappa shape index (κ3) is 5.20. The molecule has 0 unspecified atom stereocenters. The van der Waals surface area contributed by atoms with Gasteiger partial charge in [0.2, 0.25) is 5.91 Å². The van der Waals surface area contributed by atoms with E-state index in [4.69, 9.17) is 4.42 Å². The van der Waals surface area contributed by atoms with Crippen molar-refractivity contribution >= 4 is 23.4 Å². The molecule has 0 aliphatic carbocycles. The standard InChI is InChI=1S/C18H21N3O4/c1-12(2)19-16(22)11-21(3)18(24)13-6-8-14(9-7-13)20-17(23)15-5-4-10-25-15/h4-10,12H,11H2,1-3H3,(H,19,22)(H,20,23). The van der Waals surface area contributed by atoms with E-state index in [-0.39, 0.29) is 36.1 Å². The quantitative estimate of drug-likeness (QED) is 0.840. The van der Waals surface area contributed by atoms with Gasteiger partial charge < -0.3 is 20.0 Å². The Morgan fingerprint density at radius 1 is 1.12 bits per heavy atom. The number of benzene rings is 1. The van der Waals surface area contributed by atoms with Crippen LogP contribution in [0.4, 0.5) is 5.69 Å². The van der Waals surface area contributed by atoms with Crippen LogP contribution in [-0.4, -0.2) is 42.3 Å². The van der Waals surface area contributed by atoms with Crippen LogP contribution >= 0.6 is 0 Å². The lowest BCUT2D eigenvalue weighted by Crippen LogP contribution is -2.40. The number of amides is 3. The van der Waals surface area contributed by atoms with Crippen molar-refractivity contribution in [3.05, 3.63) is 54.0 Å². The Morgan fingerprint density at radius 3 is 2.36 bits per heavy atom. The maximum Gasteiger partial charge on any atom is 0.291 e. The van der Waals surface area contributed by atoms with Crippen LogP contribution in [0.3, 0.4) is 0 Å². The molecule has 7 nitrogen and oxygen atoms in total. The summed E-state index contributed by atoms with van der Waals surface area (Å²) in [4.78, 5) is 37.3. The molecule has 3 amide bonds. The van der Waals surface area contributed by atoms with Crippen molar-refractivity contribution in [3.8, 4) is 0 Å². The Morgan fingerprint density at radius 2 is 1.80 bits per heavy atom. The Bertz CT molecular complexity index is 736. The minimum absolute atomic E-state index is 0.0198. The first-order chi connectivity index (χ1) is 11.9. The Labute approximate surface area is 146 Å². The summed E-state index contributed by atoms with van der Waals surface area (Å²) in [6, 6.07) is 9.64. The Balaban J connectivity index is 1.95. The number of nitrogens with zero attached hydrogens (tertiary/aromatic N) is 1. The van der Waals surface area contributed by atoms with Gasteiger partial charge in [-0.25, -0.2) is 0 Å². The molecule has 0 spiro atoms. The molecular weight excluding hydrogens is 322 g/mol. The lowest BCUT2D eigenvalue weighted by atomic mass is 10.2. The van der Waals surface area contributed by atoms with E-state index in [1.165, 1.54) is 11.2 Å². The van der Waals surface area contributed by atoms with Crippen molar-refractivity contribution in [3.63, 3.8) is 0 Å². The van der Waals surface area contributed by atoms with Gasteiger partial charge in [-0.15, -0.1) is 0 Å². The van der Waals surface area contributed by atoms with Gasteiger partial charge in [0.15, 0.2) is 5.76 Å². The predicted molar refractivity (Wildman–Crippen MR) is 93.3 cm³/mol. The minimum atomic E-state index is -0.369. The van der Waals surface area contributed by atoms with Crippen LogP contribution in [0.15, 0.2) is 47.1 Å². The van der Waals surface area contributed by atoms with Crippen molar-refractivity contribution in [2.24, 2.45) is 0 Å². The SMILES string of the molecule is CC(C)NC(=O)CN(C)C(=O)c1ccc(NC(=O)c2ccco2)cc1. The Hall–Kier alpha value is -3.09. The lowest BCUT2D eigenvalue weighted by Gasteiger charge is -2.18. The van der Waals surface area contributed by atoms with Crippen molar-refractivity contribution in [1.29, 1.82) is 0 Å². The number of hydrogen-bond donors (Lipinski definition) is 2. The molecule has 25 heavy (non-hydrogen) atoms. The van der Waals surface area contributed by atoms with Gasteiger partial charge in [-0.2, -0.15) is 0 Å². The number of carbonyl (C=O) groups excluding carboxylic acids is 3. The molecule has 7 heteroatoms. The van der Waals surface area contributed by atoms with Crippen LogP contribution < -0.4 is 10.6 Å². The number of nitrogens with one attached hydrogen (secondary N) is 2. The van der Waals surface area contributed by atoms with Crippen molar-refractivity contribution in [1.82, 2.24) is 10.2 Å². The van der Waals surface area contributed by atoms with Gasteiger partial charge in [-0.05, 0) is 50.2 Å². The molecule has 2 N–H and O–H groups in total. The lowest BCUT2D eigenvalue weighted by molar-refractivity contribution is -0.122. The summed E-state index contributed by atoms with van der Waals surface area (Å²) in [6.07, 6.45) is 1.42. The van der Waals surface area contributed by atoms with Crippen molar-refractivity contribution in [2.45, 2.75) is 19.9 Å². The summed E-state index contributed by atoms with van der Waals surface area (Å²) in [5, 5.41) is 5.41. The van der Waals surface area contributed by atoms with E-state index in [1.807, 2.05) is 13.8 Å². The van der Waals surface area contributed by atoms with E-state index >= 15 is 0 Å². The second kappa shape index (κ2) is 8.14. The number of anilines is 1. The maximum absolute atomic E-state index is 12.3. The highest BCUT2D eigenvalue weighted by Crippen LogP contribution is 2.13. The van der Waals surface area contributed by atoms with Crippen LogP contribution in [0.2, 0.25) is 0 Å². The normalized spacial score (nSPS) is 10.4. The maximum atomic E-state index is 12.3. The fourth-order valence-electron chi connectivity index (χ4n) is 2.17. The predicted octanol–water partition coefficient (Wildman–Crippen LogP) is 2.13. The molecule has 0 bridgehead atoms. The Kier molecular flexibility index (Phi) is 5.94. The molecule has 132 valence electrons. The second-order valence-electron chi connectivity index (χ2n) is 5.89. The van der Waals surface area contributed by atoms with E-state index in [1.54, 1.807) is 43.4 Å². The first-order valence-corrected chi connectivity index (χ1v) is 7.86. The molecule has 0 aliphatic rings. The number of rotatable bonds is 6. The zero-order chi connectivity index (χ0) is 18.4. The molecule has 1 aromatic carbocycles. The first-order valence-electron chi connectivity index (χ1n) is 7.86. The van der Waals surface area contributed by atoms with Crippen LogP contribution in [-0.2, 0) is 4.79 Å². The summed E-state index contributed by atoms with van der Waals surface area (Å²) in [5.74, 6) is -0.654. The summed E-state index contributed by atoms with van der Waals surface area (Å²) in [5.41, 5.74) is 0.967. The topological polar surface area (TPSA) is 91.7 Å². The number of furan rings is 1. The largest absolute Gasteiger partial charge is 0.459 e. The van der Waals surface area contributed by atoms with Crippen LogP contribution in [0.5, 0.6) is 0 Å². The summed E-state index contributed by atoms with van der Waals surface area (Å²) >= 11 is 0. The number of carbonyl (C=O) groups is 3. The molecule has 0 atom stereocenters. The molecule has 2 rings (SSSR count). The van der Waals surface area contributed by atoms with Crippen LogP contribution in [0, 0.1) is 0 Å². The third-order valence-corrected chi connectivity index (χ3v) is 3.31. The van der Waals surface area contributed by atoms with E-state index in [9.17, 15) is 14.4 Å². The van der Waals surface area contributed by atoms with Gasteiger partial charge in [-0.1, -0.05) is 0 Å². The highest BCUT2D eigenvalue weighted by atomic mass is 16.3. The smallest absolute Gasteiger partial charge is 0.291 e. The molecule has 0 saturated carbocycles. The molecule has 1 heterocycles. The minimum Gasteiger partial charge on any atom is -0.459 e. The van der Waals surface area contributed by atoms with Gasteiger partial charge in [0.05, 0.1) is 12.8 Å². The fourth-order valence-corrected chi connectivity index (χ4v) is 2.17. The highest BCUT2D eigenvalue weighted by Gasteiger charge is 2.16. The molecule has 0 aliphatic heterocycles. The summed E-state index contributed by atoms with van der Waals surface area (Å²) < 4.78 is 5.01. The van der Waals surface area contributed by atoms with Crippen LogP contribution in [0.25, 0.3) is 0 Å². The van der Waals surface area contributed by atoms with Gasteiger partial charge in [0.25, 0.3) is 11.8 Å². The summed E-state index contributed by atoms with van der Waals surface area (Å²) in [6.45, 7) is 3.69. The zero-order valence-electron chi connectivity index (χ0n) is 14.4. The monoisotopic (exact) mass is 343 g/mol. The third-order valence-electron chi connectivity index (χ3n) is 3.31. The van der Waals surface area contributed by atoms with E-state index in [0.29, 0.717) is 11.3 Å². The van der Waals surface area contributed by atoms with Gasteiger partial charge in [-0.3, -0.25) is 14.4 Å². The van der Waals surface area contributed by atoms with Crippen molar-refractivity contribution in [2.75, 3.05) is 18.9 Å². The van der Waals surface area contributed by atoms with E-state index < -0.39 is 0 Å². The highest BCUT2D eigenvalue weighted by molar-refractivity contribution is 6.02. The number of likely N-dealkylation sites (N-methyl/N-ethyl adjacent to an activating group) is 1. The second-order valence-corrected chi connectivity index (χ2v) is 5.89. The van der Waals surface area contributed by atoms with Gasteiger partial charge in [0, 0.05) is 24.3 Å². The van der Waals surface area contributed by atoms with Crippen molar-refractivity contribution < 1.29 is 18.8 Å². The molecular formula is C18H21N3O4. The molecule has 0 fully saturated rings. The number of hydrogen-bond acceptors (Lipinski definition) is 4. The first kappa shape index (κ1) is 18.3. The van der Waals surface area contributed by atoms with Gasteiger partial charge >= 0.3 is 0 Å². The van der Waals surface area contributed by atoms with E-state index in [0.717, 1.165) is 0 Å².